The molecule has 2 bridgehead atoms. The molecule has 3 unspecified atom stereocenters. The van der Waals surface area contributed by atoms with Gasteiger partial charge in [0.2, 0.25) is 5.91 Å². The zero-order chi connectivity index (χ0) is 14.0. The third-order valence-corrected chi connectivity index (χ3v) is 4.12. The summed E-state index contributed by atoms with van der Waals surface area (Å²) in [4.78, 5) is 25.1. The van der Waals surface area contributed by atoms with E-state index < -0.39 is 12.0 Å². The molecule has 0 saturated carbocycles. The largest absolute Gasteiger partial charge is 0.467 e. The highest BCUT2D eigenvalue weighted by Crippen LogP contribution is 2.35. The minimum Gasteiger partial charge on any atom is -0.467 e. The number of aliphatic hydroxyl groups excluding tert-OH is 1. The van der Waals surface area contributed by atoms with Gasteiger partial charge >= 0.3 is 5.97 Å². The van der Waals surface area contributed by atoms with Crippen molar-refractivity contribution in [3.8, 4) is 0 Å². The predicted octanol–water partition coefficient (Wildman–Crippen LogP) is -0.348. The van der Waals surface area contributed by atoms with Gasteiger partial charge in [-0.1, -0.05) is 0 Å². The summed E-state index contributed by atoms with van der Waals surface area (Å²) in [5, 5.41) is 12.4. The summed E-state index contributed by atoms with van der Waals surface area (Å²) < 4.78 is 4.74. The highest BCUT2D eigenvalue weighted by Gasteiger charge is 2.41. The van der Waals surface area contributed by atoms with Gasteiger partial charge in [0.05, 0.1) is 13.2 Å². The maximum atomic E-state index is 11.7. The van der Waals surface area contributed by atoms with E-state index in [0.717, 1.165) is 25.7 Å². The number of methoxy groups -OCH3 is 1. The number of piperidine rings is 1. The number of fused-ring (bicyclic) bond motifs is 2. The van der Waals surface area contributed by atoms with Gasteiger partial charge in [0.15, 0.2) is 0 Å². The van der Waals surface area contributed by atoms with Crippen LogP contribution in [0.25, 0.3) is 0 Å². The third kappa shape index (κ3) is 3.25. The lowest BCUT2D eigenvalue weighted by molar-refractivity contribution is -0.146. The Kier molecular flexibility index (Phi) is 4.42. The van der Waals surface area contributed by atoms with E-state index in [0.29, 0.717) is 18.6 Å². The highest BCUT2D eigenvalue weighted by molar-refractivity contribution is 5.83. The molecule has 108 valence electrons. The number of hydrogen-bond acceptors (Lipinski definition) is 5. The Balaban J connectivity index is 2.01. The van der Waals surface area contributed by atoms with Gasteiger partial charge in [-0.05, 0) is 25.7 Å². The molecular weight excluding hydrogens is 248 g/mol. The van der Waals surface area contributed by atoms with E-state index in [2.05, 4.69) is 10.2 Å². The second-order valence-corrected chi connectivity index (χ2v) is 5.48. The van der Waals surface area contributed by atoms with E-state index in [9.17, 15) is 14.7 Å². The molecule has 6 heteroatoms. The van der Waals surface area contributed by atoms with Crippen LogP contribution in [-0.2, 0) is 14.3 Å². The number of ether oxygens (including phenoxy) is 1. The van der Waals surface area contributed by atoms with Crippen LogP contribution in [0.3, 0.4) is 0 Å². The molecule has 2 saturated heterocycles. The van der Waals surface area contributed by atoms with Crippen LogP contribution in [0.15, 0.2) is 0 Å². The molecule has 6 nitrogen and oxygen atoms in total. The summed E-state index contributed by atoms with van der Waals surface area (Å²) >= 11 is 0. The van der Waals surface area contributed by atoms with Gasteiger partial charge in [-0.3, -0.25) is 9.69 Å². The lowest BCUT2D eigenvalue weighted by Gasteiger charge is -2.38. The lowest BCUT2D eigenvalue weighted by Crippen LogP contribution is -2.54. The van der Waals surface area contributed by atoms with Crippen molar-refractivity contribution in [1.82, 2.24) is 10.2 Å². The van der Waals surface area contributed by atoms with Gasteiger partial charge in [0.1, 0.15) is 6.04 Å². The molecule has 2 aliphatic heterocycles. The first-order valence-electron chi connectivity index (χ1n) is 6.80. The molecule has 0 radical (unpaired) electrons. The predicted molar refractivity (Wildman–Crippen MR) is 68.4 cm³/mol. The van der Waals surface area contributed by atoms with Crippen molar-refractivity contribution in [2.45, 2.75) is 56.8 Å². The van der Waals surface area contributed by atoms with Crippen molar-refractivity contribution in [3.63, 3.8) is 0 Å². The van der Waals surface area contributed by atoms with Crippen LogP contribution < -0.4 is 5.32 Å². The fourth-order valence-electron chi connectivity index (χ4n) is 3.32. The molecule has 0 aromatic rings. The second-order valence-electron chi connectivity index (χ2n) is 5.48. The van der Waals surface area contributed by atoms with Gasteiger partial charge in [-0.25, -0.2) is 4.79 Å². The van der Waals surface area contributed by atoms with Crippen LogP contribution in [0, 0.1) is 0 Å². The Labute approximate surface area is 113 Å². The normalized spacial score (nSPS) is 31.8. The molecule has 2 N–H and O–H groups in total. The van der Waals surface area contributed by atoms with Crippen LogP contribution in [0.5, 0.6) is 0 Å². The number of carbonyl (C=O) groups is 2. The number of amides is 1. The Morgan fingerprint density at radius 3 is 2.42 bits per heavy atom. The SMILES string of the molecule is COC(=O)C(CN1C2CCC1CC(O)C2)NC(C)=O. The van der Waals surface area contributed by atoms with E-state index in [1.165, 1.54) is 14.0 Å². The Morgan fingerprint density at radius 1 is 1.37 bits per heavy atom. The van der Waals surface area contributed by atoms with Crippen LogP contribution in [-0.4, -0.2) is 59.8 Å². The maximum Gasteiger partial charge on any atom is 0.329 e. The van der Waals surface area contributed by atoms with Crippen molar-refractivity contribution < 1.29 is 19.4 Å². The van der Waals surface area contributed by atoms with Crippen molar-refractivity contribution in [2.75, 3.05) is 13.7 Å². The van der Waals surface area contributed by atoms with Crippen molar-refractivity contribution in [1.29, 1.82) is 0 Å². The van der Waals surface area contributed by atoms with Crippen molar-refractivity contribution in [2.24, 2.45) is 0 Å². The molecule has 0 spiro atoms. The molecule has 2 heterocycles. The number of nitrogens with zero attached hydrogens (tertiary/aromatic N) is 1. The summed E-state index contributed by atoms with van der Waals surface area (Å²) in [6.45, 7) is 1.86. The van der Waals surface area contributed by atoms with Gasteiger partial charge < -0.3 is 15.2 Å². The molecule has 2 rings (SSSR count). The van der Waals surface area contributed by atoms with E-state index >= 15 is 0 Å². The molecule has 2 aliphatic rings. The van der Waals surface area contributed by atoms with Crippen molar-refractivity contribution in [3.05, 3.63) is 0 Å². The van der Waals surface area contributed by atoms with Gasteiger partial charge in [0, 0.05) is 25.6 Å². The van der Waals surface area contributed by atoms with Crippen molar-refractivity contribution >= 4 is 11.9 Å². The zero-order valence-corrected chi connectivity index (χ0v) is 11.5. The Morgan fingerprint density at radius 2 is 1.95 bits per heavy atom. The summed E-state index contributed by atoms with van der Waals surface area (Å²) in [6.07, 6.45) is 3.38. The molecule has 2 fully saturated rings. The number of carbonyl (C=O) groups excluding carboxylic acids is 2. The second kappa shape index (κ2) is 5.88. The Bertz CT molecular complexity index is 347. The van der Waals surface area contributed by atoms with Crippen LogP contribution >= 0.6 is 0 Å². The topological polar surface area (TPSA) is 78.9 Å². The molecule has 3 atom stereocenters. The van der Waals surface area contributed by atoms with E-state index in [1.807, 2.05) is 0 Å². The highest BCUT2D eigenvalue weighted by atomic mass is 16.5. The average molecular weight is 270 g/mol. The maximum absolute atomic E-state index is 11.7. The van der Waals surface area contributed by atoms with E-state index in [-0.39, 0.29) is 12.0 Å². The average Bonchev–Trinajstić information content (AvgIpc) is 2.59. The quantitative estimate of drug-likeness (QED) is 0.683. The first kappa shape index (κ1) is 14.3. The lowest BCUT2D eigenvalue weighted by atomic mass is 9.99. The molecular formula is C13H22N2O4. The molecule has 0 aromatic heterocycles. The van der Waals surface area contributed by atoms with E-state index in [4.69, 9.17) is 4.74 Å². The molecule has 19 heavy (non-hydrogen) atoms. The number of nitrogens with one attached hydrogen (secondary N) is 1. The minimum absolute atomic E-state index is 0.230. The zero-order valence-electron chi connectivity index (χ0n) is 11.5. The molecule has 0 aliphatic carbocycles. The molecule has 1 amide bonds. The van der Waals surface area contributed by atoms with Gasteiger partial charge in [0.25, 0.3) is 0 Å². The van der Waals surface area contributed by atoms with Crippen LogP contribution in [0.2, 0.25) is 0 Å². The first-order valence-corrected chi connectivity index (χ1v) is 6.80. The summed E-state index contributed by atoms with van der Waals surface area (Å²) in [6, 6.07) is 0.00479. The smallest absolute Gasteiger partial charge is 0.329 e. The standard InChI is InChI=1S/C13H22N2O4/c1-8(16)14-12(13(18)19-2)7-15-9-3-4-10(15)6-11(17)5-9/h9-12,17H,3-7H2,1-2H3,(H,14,16). The summed E-state index contributed by atoms with van der Waals surface area (Å²) in [5.41, 5.74) is 0. The monoisotopic (exact) mass is 270 g/mol. The number of esters is 1. The fourth-order valence-corrected chi connectivity index (χ4v) is 3.32. The van der Waals surface area contributed by atoms with Gasteiger partial charge in [-0.15, -0.1) is 0 Å². The fraction of sp³-hybridized carbons (Fsp3) is 0.846. The first-order chi connectivity index (χ1) is 9.01. The number of aliphatic hydroxyl groups is 1. The minimum atomic E-state index is -0.624. The van der Waals surface area contributed by atoms with Crippen LogP contribution in [0.4, 0.5) is 0 Å². The van der Waals surface area contributed by atoms with Crippen LogP contribution in [0.1, 0.15) is 32.6 Å². The summed E-state index contributed by atoms with van der Waals surface area (Å²) in [5.74, 6) is -0.652. The summed E-state index contributed by atoms with van der Waals surface area (Å²) in [7, 11) is 1.33. The number of hydrogen-bond donors (Lipinski definition) is 2. The third-order valence-electron chi connectivity index (χ3n) is 4.12. The van der Waals surface area contributed by atoms with Gasteiger partial charge in [-0.2, -0.15) is 0 Å². The van der Waals surface area contributed by atoms with E-state index in [1.54, 1.807) is 0 Å². The number of rotatable bonds is 4. The Hall–Kier alpha value is -1.14. The molecule has 0 aromatic carbocycles.